The summed E-state index contributed by atoms with van der Waals surface area (Å²) in [5.41, 5.74) is 3.35. The van der Waals surface area contributed by atoms with Gasteiger partial charge in [-0.05, 0) is 11.1 Å². The first-order valence-electron chi connectivity index (χ1n) is 5.79. The molecule has 0 N–H and O–H groups in total. The van der Waals surface area contributed by atoms with E-state index in [1.807, 2.05) is 30.3 Å². The predicted octanol–water partition coefficient (Wildman–Crippen LogP) is 3.71. The van der Waals surface area contributed by atoms with Crippen LogP contribution in [0.4, 0.5) is 0 Å². The SMILES string of the molecule is Cc1nc(-c2ccc(-c3ccccc3)cc2)no1. The summed E-state index contributed by atoms with van der Waals surface area (Å²) < 4.78 is 4.97. The second kappa shape index (κ2) is 4.45. The lowest BCUT2D eigenvalue weighted by molar-refractivity contribution is 0.394. The van der Waals surface area contributed by atoms with E-state index in [1.54, 1.807) is 6.92 Å². The quantitative estimate of drug-likeness (QED) is 0.680. The van der Waals surface area contributed by atoms with Gasteiger partial charge in [-0.3, -0.25) is 0 Å². The fourth-order valence-corrected chi connectivity index (χ4v) is 1.86. The van der Waals surface area contributed by atoms with Gasteiger partial charge in [0.05, 0.1) is 0 Å². The first kappa shape index (κ1) is 10.7. The van der Waals surface area contributed by atoms with Gasteiger partial charge >= 0.3 is 0 Å². The molecule has 0 aliphatic carbocycles. The minimum Gasteiger partial charge on any atom is -0.339 e. The molecular weight excluding hydrogens is 224 g/mol. The van der Waals surface area contributed by atoms with Gasteiger partial charge in [-0.1, -0.05) is 59.8 Å². The van der Waals surface area contributed by atoms with E-state index in [-0.39, 0.29) is 0 Å². The molecular formula is C15H12N2O. The third-order valence-corrected chi connectivity index (χ3v) is 2.78. The molecule has 0 aliphatic heterocycles. The minimum atomic E-state index is 0.581. The Morgan fingerprint density at radius 2 is 1.39 bits per heavy atom. The van der Waals surface area contributed by atoms with E-state index in [1.165, 1.54) is 11.1 Å². The van der Waals surface area contributed by atoms with Gasteiger partial charge in [0.15, 0.2) is 0 Å². The molecule has 0 atom stereocenters. The molecule has 3 aromatic rings. The van der Waals surface area contributed by atoms with Crippen molar-refractivity contribution in [3.8, 4) is 22.5 Å². The maximum atomic E-state index is 4.97. The third kappa shape index (κ3) is 2.02. The van der Waals surface area contributed by atoms with Gasteiger partial charge < -0.3 is 4.52 Å². The Balaban J connectivity index is 1.94. The zero-order chi connectivity index (χ0) is 12.4. The number of aromatic nitrogens is 2. The molecule has 0 unspecified atom stereocenters. The summed E-state index contributed by atoms with van der Waals surface area (Å²) in [6.07, 6.45) is 0. The highest BCUT2D eigenvalue weighted by molar-refractivity contribution is 5.67. The van der Waals surface area contributed by atoms with Gasteiger partial charge in [0, 0.05) is 12.5 Å². The zero-order valence-corrected chi connectivity index (χ0v) is 10.00. The molecule has 0 fully saturated rings. The van der Waals surface area contributed by atoms with Crippen LogP contribution >= 0.6 is 0 Å². The lowest BCUT2D eigenvalue weighted by Crippen LogP contribution is -1.82. The van der Waals surface area contributed by atoms with Crippen LogP contribution in [0.1, 0.15) is 5.89 Å². The van der Waals surface area contributed by atoms with Gasteiger partial charge in [-0.25, -0.2) is 0 Å². The fourth-order valence-electron chi connectivity index (χ4n) is 1.86. The molecule has 0 bridgehead atoms. The molecule has 1 aromatic heterocycles. The lowest BCUT2D eigenvalue weighted by Gasteiger charge is -2.01. The highest BCUT2D eigenvalue weighted by atomic mass is 16.5. The van der Waals surface area contributed by atoms with E-state index < -0.39 is 0 Å². The van der Waals surface area contributed by atoms with E-state index in [9.17, 15) is 0 Å². The van der Waals surface area contributed by atoms with Crippen LogP contribution in [0.25, 0.3) is 22.5 Å². The molecule has 0 radical (unpaired) electrons. The predicted molar refractivity (Wildman–Crippen MR) is 69.9 cm³/mol. The summed E-state index contributed by atoms with van der Waals surface area (Å²) in [4.78, 5) is 4.21. The highest BCUT2D eigenvalue weighted by Crippen LogP contribution is 2.22. The topological polar surface area (TPSA) is 38.9 Å². The molecule has 18 heavy (non-hydrogen) atoms. The van der Waals surface area contributed by atoms with Crippen LogP contribution in [0, 0.1) is 6.92 Å². The van der Waals surface area contributed by atoms with Gasteiger partial charge in [-0.2, -0.15) is 4.98 Å². The van der Waals surface area contributed by atoms with E-state index >= 15 is 0 Å². The summed E-state index contributed by atoms with van der Waals surface area (Å²) in [6.45, 7) is 1.79. The Morgan fingerprint density at radius 3 is 2.00 bits per heavy atom. The van der Waals surface area contributed by atoms with Crippen molar-refractivity contribution in [2.24, 2.45) is 0 Å². The molecule has 2 aromatic carbocycles. The number of nitrogens with zero attached hydrogens (tertiary/aromatic N) is 2. The monoisotopic (exact) mass is 236 g/mol. The first-order valence-corrected chi connectivity index (χ1v) is 5.79. The number of hydrogen-bond donors (Lipinski definition) is 0. The largest absolute Gasteiger partial charge is 0.339 e. The third-order valence-electron chi connectivity index (χ3n) is 2.78. The van der Waals surface area contributed by atoms with E-state index in [2.05, 4.69) is 34.4 Å². The van der Waals surface area contributed by atoms with Crippen LogP contribution in [-0.4, -0.2) is 10.1 Å². The molecule has 3 nitrogen and oxygen atoms in total. The van der Waals surface area contributed by atoms with Crippen molar-refractivity contribution >= 4 is 0 Å². The molecule has 0 spiro atoms. The van der Waals surface area contributed by atoms with Crippen molar-refractivity contribution in [1.82, 2.24) is 10.1 Å². The molecule has 3 heteroatoms. The average Bonchev–Trinajstić information content (AvgIpc) is 2.87. The maximum Gasteiger partial charge on any atom is 0.223 e. The second-order valence-electron chi connectivity index (χ2n) is 4.08. The highest BCUT2D eigenvalue weighted by Gasteiger charge is 2.05. The van der Waals surface area contributed by atoms with Crippen LogP contribution in [0.3, 0.4) is 0 Å². The van der Waals surface area contributed by atoms with Crippen LogP contribution in [0.5, 0.6) is 0 Å². The summed E-state index contributed by atoms with van der Waals surface area (Å²) in [6, 6.07) is 18.4. The summed E-state index contributed by atoms with van der Waals surface area (Å²) in [5.74, 6) is 1.21. The van der Waals surface area contributed by atoms with Gasteiger partial charge in [0.1, 0.15) is 0 Å². The van der Waals surface area contributed by atoms with Crippen LogP contribution < -0.4 is 0 Å². The van der Waals surface area contributed by atoms with E-state index in [0.29, 0.717) is 11.7 Å². The smallest absolute Gasteiger partial charge is 0.223 e. The van der Waals surface area contributed by atoms with Gasteiger partial charge in [0.25, 0.3) is 0 Å². The van der Waals surface area contributed by atoms with Gasteiger partial charge in [-0.15, -0.1) is 0 Å². The zero-order valence-electron chi connectivity index (χ0n) is 10.00. The molecule has 0 amide bonds. The second-order valence-corrected chi connectivity index (χ2v) is 4.08. The van der Waals surface area contributed by atoms with Crippen molar-refractivity contribution in [2.75, 3.05) is 0 Å². The number of hydrogen-bond acceptors (Lipinski definition) is 3. The van der Waals surface area contributed by atoms with Crippen molar-refractivity contribution in [2.45, 2.75) is 6.92 Å². The van der Waals surface area contributed by atoms with Crippen molar-refractivity contribution in [1.29, 1.82) is 0 Å². The molecule has 0 aliphatic rings. The summed E-state index contributed by atoms with van der Waals surface area (Å²) in [7, 11) is 0. The lowest BCUT2D eigenvalue weighted by atomic mass is 10.0. The van der Waals surface area contributed by atoms with Crippen LogP contribution in [0.2, 0.25) is 0 Å². The molecule has 88 valence electrons. The summed E-state index contributed by atoms with van der Waals surface area (Å²) >= 11 is 0. The number of aryl methyl sites for hydroxylation is 1. The van der Waals surface area contributed by atoms with E-state index in [4.69, 9.17) is 4.52 Å². The fraction of sp³-hybridized carbons (Fsp3) is 0.0667. The van der Waals surface area contributed by atoms with Crippen LogP contribution in [0.15, 0.2) is 59.1 Å². The average molecular weight is 236 g/mol. The maximum absolute atomic E-state index is 4.97. The Morgan fingerprint density at radius 1 is 0.778 bits per heavy atom. The Kier molecular flexibility index (Phi) is 2.65. The van der Waals surface area contributed by atoms with Crippen LogP contribution in [-0.2, 0) is 0 Å². The van der Waals surface area contributed by atoms with Gasteiger partial charge in [0.2, 0.25) is 11.7 Å². The van der Waals surface area contributed by atoms with E-state index in [0.717, 1.165) is 5.56 Å². The Labute approximate surface area is 105 Å². The standard InChI is InChI=1S/C15H12N2O/c1-11-16-15(17-18-11)14-9-7-13(8-10-14)12-5-3-2-4-6-12/h2-10H,1H3. The number of rotatable bonds is 2. The molecule has 0 saturated heterocycles. The molecule has 3 rings (SSSR count). The Bertz CT molecular complexity index is 642. The van der Waals surface area contributed by atoms with Crippen molar-refractivity contribution < 1.29 is 4.52 Å². The normalized spacial score (nSPS) is 10.5. The Hall–Kier alpha value is -2.42. The molecule has 0 saturated carbocycles. The minimum absolute atomic E-state index is 0.581. The molecule has 1 heterocycles. The number of benzene rings is 2. The first-order chi connectivity index (χ1) is 8.83. The summed E-state index contributed by atoms with van der Waals surface area (Å²) in [5, 5.41) is 3.90. The van der Waals surface area contributed by atoms with Crippen molar-refractivity contribution in [3.63, 3.8) is 0 Å². The van der Waals surface area contributed by atoms with Crippen molar-refractivity contribution in [3.05, 3.63) is 60.5 Å².